The Morgan fingerprint density at radius 3 is 2.55 bits per heavy atom. The van der Waals surface area contributed by atoms with Gasteiger partial charge in [-0.25, -0.2) is 8.78 Å². The minimum Gasteiger partial charge on any atom is -0.316 e. The van der Waals surface area contributed by atoms with Crippen LogP contribution in [-0.4, -0.2) is 5.91 Å². The molecule has 2 N–H and O–H groups in total. The van der Waals surface area contributed by atoms with E-state index in [1.807, 2.05) is 30.3 Å². The Hall–Kier alpha value is -2.27. The van der Waals surface area contributed by atoms with E-state index in [9.17, 15) is 13.6 Å². The fourth-order valence-electron chi connectivity index (χ4n) is 2.44. The zero-order valence-corrected chi connectivity index (χ0v) is 10.5. The number of nitrogens with two attached hydrogens (primary N) is 1. The summed E-state index contributed by atoms with van der Waals surface area (Å²) in [6, 6.07) is 10.0. The van der Waals surface area contributed by atoms with Crippen LogP contribution in [0.15, 0.2) is 42.5 Å². The van der Waals surface area contributed by atoms with Gasteiger partial charge in [-0.15, -0.1) is 0 Å². The summed E-state index contributed by atoms with van der Waals surface area (Å²) in [4.78, 5) is 13.5. The fourth-order valence-corrected chi connectivity index (χ4v) is 2.44. The van der Waals surface area contributed by atoms with E-state index in [0.29, 0.717) is 0 Å². The molecule has 0 spiro atoms. The van der Waals surface area contributed by atoms with Crippen LogP contribution in [0.2, 0.25) is 0 Å². The lowest BCUT2D eigenvalue weighted by Crippen LogP contribution is -2.31. The van der Waals surface area contributed by atoms with Crippen molar-refractivity contribution in [2.45, 2.75) is 12.6 Å². The number of hydrogen-bond acceptors (Lipinski definition) is 2. The van der Waals surface area contributed by atoms with Crippen molar-refractivity contribution < 1.29 is 13.6 Å². The number of carbonyl (C=O) groups is 1. The molecule has 3 rings (SSSR count). The van der Waals surface area contributed by atoms with Crippen molar-refractivity contribution in [2.24, 2.45) is 5.73 Å². The minimum atomic E-state index is -1.07. The van der Waals surface area contributed by atoms with Crippen LogP contribution in [0.1, 0.15) is 17.2 Å². The molecule has 1 unspecified atom stereocenters. The highest BCUT2D eigenvalue weighted by Crippen LogP contribution is 2.37. The van der Waals surface area contributed by atoms with Gasteiger partial charge >= 0.3 is 0 Å². The molecule has 1 heterocycles. The maximum Gasteiger partial charge on any atom is 0.249 e. The molecule has 5 heteroatoms. The molecule has 0 saturated heterocycles. The lowest BCUT2D eigenvalue weighted by molar-refractivity contribution is -0.119. The molecule has 0 aromatic heterocycles. The average Bonchev–Trinajstić information content (AvgIpc) is 2.65. The Morgan fingerprint density at radius 1 is 1.15 bits per heavy atom. The molecule has 2 aromatic rings. The Kier molecular flexibility index (Phi) is 2.99. The molecule has 1 aliphatic heterocycles. The first-order chi connectivity index (χ1) is 9.58. The van der Waals surface area contributed by atoms with Gasteiger partial charge in [0.25, 0.3) is 0 Å². The van der Waals surface area contributed by atoms with Crippen molar-refractivity contribution in [3.8, 4) is 0 Å². The average molecular weight is 274 g/mol. The summed E-state index contributed by atoms with van der Waals surface area (Å²) in [6.07, 6.45) is 0. The highest BCUT2D eigenvalue weighted by atomic mass is 19.1. The summed E-state index contributed by atoms with van der Waals surface area (Å²) in [7, 11) is 0. The second kappa shape index (κ2) is 4.68. The third-order valence-corrected chi connectivity index (χ3v) is 3.39. The van der Waals surface area contributed by atoms with Gasteiger partial charge in [0.1, 0.15) is 17.7 Å². The molecular formula is C15H12F2N2O. The molecule has 20 heavy (non-hydrogen) atoms. The van der Waals surface area contributed by atoms with Crippen molar-refractivity contribution in [3.05, 3.63) is 65.2 Å². The second-order valence-corrected chi connectivity index (χ2v) is 4.71. The van der Waals surface area contributed by atoms with Gasteiger partial charge in [-0.1, -0.05) is 30.3 Å². The largest absolute Gasteiger partial charge is 0.316 e. The van der Waals surface area contributed by atoms with Crippen LogP contribution < -0.4 is 10.6 Å². The van der Waals surface area contributed by atoms with E-state index in [1.165, 1.54) is 4.90 Å². The number of hydrogen-bond donors (Lipinski definition) is 1. The minimum absolute atomic E-state index is 0.0623. The van der Waals surface area contributed by atoms with Gasteiger partial charge in [0.15, 0.2) is 0 Å². The van der Waals surface area contributed by atoms with Crippen molar-refractivity contribution in [2.75, 3.05) is 4.90 Å². The number of nitrogens with zero attached hydrogens (tertiary/aromatic N) is 1. The lowest BCUT2D eigenvalue weighted by atomic mass is 10.1. The van der Waals surface area contributed by atoms with Crippen LogP contribution in [0, 0.1) is 11.6 Å². The molecule has 1 aliphatic rings. The number of halogens is 2. The highest BCUT2D eigenvalue weighted by Gasteiger charge is 2.37. The maximum atomic E-state index is 13.8. The molecule has 2 aromatic carbocycles. The number of fused-ring (bicyclic) bond motifs is 1. The summed E-state index contributed by atoms with van der Waals surface area (Å²) in [5.41, 5.74) is 6.87. The van der Waals surface area contributed by atoms with Gasteiger partial charge in [0, 0.05) is 11.6 Å². The predicted octanol–water partition coefficient (Wildman–Crippen LogP) is 2.51. The third kappa shape index (κ3) is 1.96. The van der Waals surface area contributed by atoms with Gasteiger partial charge in [-0.2, -0.15) is 0 Å². The van der Waals surface area contributed by atoms with Crippen LogP contribution >= 0.6 is 0 Å². The topological polar surface area (TPSA) is 46.3 Å². The van der Waals surface area contributed by atoms with E-state index < -0.39 is 23.6 Å². The molecule has 0 saturated carbocycles. The van der Waals surface area contributed by atoms with Crippen LogP contribution in [0.25, 0.3) is 0 Å². The number of anilines is 1. The highest BCUT2D eigenvalue weighted by molar-refractivity contribution is 6.04. The number of amides is 1. The molecule has 102 valence electrons. The van der Waals surface area contributed by atoms with Crippen LogP contribution in [0.3, 0.4) is 0 Å². The number of carbonyl (C=O) groups excluding carboxylic acids is 1. The Labute approximate surface area is 114 Å². The molecule has 3 nitrogen and oxygen atoms in total. The zero-order valence-electron chi connectivity index (χ0n) is 10.5. The second-order valence-electron chi connectivity index (χ2n) is 4.71. The Balaban J connectivity index is 2.04. The van der Waals surface area contributed by atoms with Crippen molar-refractivity contribution in [1.29, 1.82) is 0 Å². The first kappa shape index (κ1) is 12.7. The predicted molar refractivity (Wildman–Crippen MR) is 70.9 cm³/mol. The van der Waals surface area contributed by atoms with Crippen molar-refractivity contribution in [1.82, 2.24) is 0 Å². The van der Waals surface area contributed by atoms with Crippen LogP contribution in [-0.2, 0) is 11.3 Å². The number of benzene rings is 2. The normalized spacial score (nSPS) is 17.4. The number of rotatable bonds is 2. The molecular weight excluding hydrogens is 262 g/mol. The summed E-state index contributed by atoms with van der Waals surface area (Å²) in [5.74, 6) is -1.93. The Morgan fingerprint density at radius 2 is 1.85 bits per heavy atom. The van der Waals surface area contributed by atoms with Gasteiger partial charge < -0.3 is 10.6 Å². The van der Waals surface area contributed by atoms with Gasteiger partial charge in [0.2, 0.25) is 5.91 Å². The van der Waals surface area contributed by atoms with Gasteiger partial charge in [-0.05, 0) is 11.6 Å². The monoisotopic (exact) mass is 274 g/mol. The van der Waals surface area contributed by atoms with Crippen molar-refractivity contribution >= 4 is 11.6 Å². The van der Waals surface area contributed by atoms with E-state index in [-0.39, 0.29) is 17.8 Å². The first-order valence-corrected chi connectivity index (χ1v) is 6.18. The third-order valence-electron chi connectivity index (χ3n) is 3.39. The van der Waals surface area contributed by atoms with E-state index in [1.54, 1.807) is 0 Å². The van der Waals surface area contributed by atoms with Crippen LogP contribution in [0.5, 0.6) is 0 Å². The lowest BCUT2D eigenvalue weighted by Gasteiger charge is -2.17. The quantitative estimate of drug-likeness (QED) is 0.914. The summed E-state index contributed by atoms with van der Waals surface area (Å²) in [5, 5.41) is 0. The molecule has 1 atom stereocenters. The summed E-state index contributed by atoms with van der Waals surface area (Å²) < 4.78 is 27.2. The molecule has 0 bridgehead atoms. The summed E-state index contributed by atoms with van der Waals surface area (Å²) in [6.45, 7) is 0.239. The Bertz CT molecular complexity index is 673. The molecule has 0 fully saturated rings. The van der Waals surface area contributed by atoms with E-state index >= 15 is 0 Å². The molecule has 1 amide bonds. The summed E-state index contributed by atoms with van der Waals surface area (Å²) >= 11 is 0. The van der Waals surface area contributed by atoms with E-state index in [2.05, 4.69) is 0 Å². The maximum absolute atomic E-state index is 13.8. The van der Waals surface area contributed by atoms with Gasteiger partial charge in [-0.3, -0.25) is 4.79 Å². The fraction of sp³-hybridized carbons (Fsp3) is 0.133. The van der Waals surface area contributed by atoms with Gasteiger partial charge in [0.05, 0.1) is 12.2 Å². The SMILES string of the molecule is NC1C(=O)N(Cc2ccccc2)c2cc(F)cc(F)c21. The van der Waals surface area contributed by atoms with Crippen LogP contribution in [0.4, 0.5) is 14.5 Å². The van der Waals surface area contributed by atoms with E-state index in [0.717, 1.165) is 17.7 Å². The zero-order chi connectivity index (χ0) is 14.3. The molecule has 0 radical (unpaired) electrons. The standard InChI is InChI=1S/C15H12F2N2O/c16-10-6-11(17)13-12(7-10)19(15(20)14(13)18)8-9-4-2-1-3-5-9/h1-7,14H,8,18H2. The smallest absolute Gasteiger partial charge is 0.249 e. The first-order valence-electron chi connectivity index (χ1n) is 6.18. The molecule has 0 aliphatic carbocycles. The van der Waals surface area contributed by atoms with E-state index in [4.69, 9.17) is 5.73 Å². The van der Waals surface area contributed by atoms with Crippen molar-refractivity contribution in [3.63, 3.8) is 0 Å².